The summed E-state index contributed by atoms with van der Waals surface area (Å²) in [5.41, 5.74) is 2.84. The number of ketones is 1. The van der Waals surface area contributed by atoms with Crippen molar-refractivity contribution in [2.45, 2.75) is 13.5 Å². The number of nitrogens with zero attached hydrogens (tertiary/aromatic N) is 1. The van der Waals surface area contributed by atoms with Gasteiger partial charge >= 0.3 is 5.97 Å². The average Bonchev–Trinajstić information content (AvgIpc) is 2.67. The summed E-state index contributed by atoms with van der Waals surface area (Å²) in [6.07, 6.45) is 1.64. The third-order valence-electron chi connectivity index (χ3n) is 3.78. The molecule has 2 aromatic carbocycles. The van der Waals surface area contributed by atoms with E-state index in [1.54, 1.807) is 54.7 Å². The van der Waals surface area contributed by atoms with Crippen LogP contribution in [0.2, 0.25) is 0 Å². The lowest BCUT2D eigenvalue weighted by Gasteiger charge is -2.09. The Morgan fingerprint density at radius 3 is 2.24 bits per heavy atom. The first kappa shape index (κ1) is 16.6. The van der Waals surface area contributed by atoms with Crippen LogP contribution in [0.25, 0.3) is 0 Å². The highest BCUT2D eigenvalue weighted by atomic mass is 16.5. The van der Waals surface area contributed by atoms with Gasteiger partial charge in [0, 0.05) is 17.3 Å². The monoisotopic (exact) mass is 331 g/mol. The van der Waals surface area contributed by atoms with Crippen LogP contribution in [0.3, 0.4) is 0 Å². The minimum Gasteiger partial charge on any atom is -0.456 e. The van der Waals surface area contributed by atoms with E-state index in [0.29, 0.717) is 16.8 Å². The lowest BCUT2D eigenvalue weighted by Crippen LogP contribution is -2.13. The number of hydrogen-bond donors (Lipinski definition) is 0. The molecule has 0 unspecified atom stereocenters. The van der Waals surface area contributed by atoms with E-state index in [2.05, 4.69) is 4.98 Å². The fraction of sp³-hybridized carbons (Fsp3) is 0.0952. The van der Waals surface area contributed by atoms with E-state index in [0.717, 1.165) is 5.56 Å². The summed E-state index contributed by atoms with van der Waals surface area (Å²) in [5.74, 6) is -0.743. The molecule has 0 aliphatic rings. The van der Waals surface area contributed by atoms with Crippen LogP contribution >= 0.6 is 0 Å². The number of hydrogen-bond acceptors (Lipinski definition) is 4. The van der Waals surface area contributed by atoms with Gasteiger partial charge in [-0.3, -0.25) is 9.78 Å². The molecule has 124 valence electrons. The summed E-state index contributed by atoms with van der Waals surface area (Å²) in [4.78, 5) is 29.3. The zero-order chi connectivity index (χ0) is 17.6. The molecule has 0 aliphatic heterocycles. The van der Waals surface area contributed by atoms with Crippen molar-refractivity contribution in [1.29, 1.82) is 0 Å². The molecule has 0 aliphatic carbocycles. The van der Waals surface area contributed by atoms with Gasteiger partial charge in [-0.15, -0.1) is 0 Å². The summed E-state index contributed by atoms with van der Waals surface area (Å²) in [6.45, 7) is 2.02. The Balaban J connectivity index is 1.81. The molecule has 1 aromatic heterocycles. The Kier molecular flexibility index (Phi) is 5.00. The topological polar surface area (TPSA) is 56.3 Å². The highest BCUT2D eigenvalue weighted by Crippen LogP contribution is 2.17. The smallest absolute Gasteiger partial charge is 0.339 e. The second kappa shape index (κ2) is 7.53. The largest absolute Gasteiger partial charge is 0.456 e. The summed E-state index contributed by atoms with van der Waals surface area (Å²) in [6, 6.07) is 19.3. The zero-order valence-electron chi connectivity index (χ0n) is 13.8. The maximum absolute atomic E-state index is 12.7. The van der Waals surface area contributed by atoms with Gasteiger partial charge in [-0.25, -0.2) is 4.79 Å². The molecule has 3 aromatic rings. The highest BCUT2D eigenvalue weighted by molar-refractivity contribution is 6.14. The fourth-order valence-electron chi connectivity index (χ4n) is 2.42. The van der Waals surface area contributed by atoms with E-state index >= 15 is 0 Å². The van der Waals surface area contributed by atoms with Crippen molar-refractivity contribution in [3.8, 4) is 0 Å². The van der Waals surface area contributed by atoms with Crippen LogP contribution in [0.15, 0.2) is 72.9 Å². The van der Waals surface area contributed by atoms with Gasteiger partial charge in [0.05, 0.1) is 11.3 Å². The molecule has 0 bridgehead atoms. The van der Waals surface area contributed by atoms with Crippen LogP contribution in [0, 0.1) is 6.92 Å². The van der Waals surface area contributed by atoms with Gasteiger partial charge in [-0.05, 0) is 25.1 Å². The first-order valence-corrected chi connectivity index (χ1v) is 7.92. The molecule has 0 saturated carbocycles. The number of carbonyl (C=O) groups is 2. The predicted molar refractivity (Wildman–Crippen MR) is 94.4 cm³/mol. The van der Waals surface area contributed by atoms with Crippen LogP contribution in [-0.2, 0) is 11.3 Å². The van der Waals surface area contributed by atoms with Crippen molar-refractivity contribution < 1.29 is 14.3 Å². The van der Waals surface area contributed by atoms with Crippen LogP contribution in [0.1, 0.15) is 37.5 Å². The van der Waals surface area contributed by atoms with E-state index in [1.807, 2.05) is 25.1 Å². The van der Waals surface area contributed by atoms with Crippen LogP contribution in [0.5, 0.6) is 0 Å². The van der Waals surface area contributed by atoms with Gasteiger partial charge < -0.3 is 4.74 Å². The molecule has 4 heteroatoms. The van der Waals surface area contributed by atoms with Crippen molar-refractivity contribution in [1.82, 2.24) is 4.98 Å². The molecule has 1 heterocycles. The van der Waals surface area contributed by atoms with Gasteiger partial charge in [0.2, 0.25) is 0 Å². The van der Waals surface area contributed by atoms with Crippen molar-refractivity contribution in [2.75, 3.05) is 0 Å². The summed E-state index contributed by atoms with van der Waals surface area (Å²) in [7, 11) is 0. The number of aryl methyl sites for hydroxylation is 1. The Hall–Kier alpha value is -3.27. The number of ether oxygens (including phenoxy) is 1. The summed E-state index contributed by atoms with van der Waals surface area (Å²) in [5, 5.41) is 0. The summed E-state index contributed by atoms with van der Waals surface area (Å²) < 4.78 is 5.31. The van der Waals surface area contributed by atoms with E-state index in [1.165, 1.54) is 0 Å². The van der Waals surface area contributed by atoms with Crippen LogP contribution in [0.4, 0.5) is 0 Å². The first-order valence-electron chi connectivity index (χ1n) is 7.92. The Morgan fingerprint density at radius 1 is 0.880 bits per heavy atom. The first-order chi connectivity index (χ1) is 12.1. The lowest BCUT2D eigenvalue weighted by molar-refractivity contribution is 0.0465. The maximum Gasteiger partial charge on any atom is 0.339 e. The zero-order valence-corrected chi connectivity index (χ0v) is 13.8. The van der Waals surface area contributed by atoms with Gasteiger partial charge in [-0.2, -0.15) is 0 Å². The normalized spacial score (nSPS) is 10.3. The predicted octanol–water partition coefficient (Wildman–Crippen LogP) is 3.98. The molecule has 0 saturated heterocycles. The molecular weight excluding hydrogens is 314 g/mol. The van der Waals surface area contributed by atoms with Crippen LogP contribution < -0.4 is 0 Å². The van der Waals surface area contributed by atoms with Gasteiger partial charge in [-0.1, -0.05) is 54.1 Å². The van der Waals surface area contributed by atoms with Crippen molar-refractivity contribution >= 4 is 11.8 Å². The van der Waals surface area contributed by atoms with E-state index in [9.17, 15) is 9.59 Å². The number of carbonyl (C=O) groups excluding carboxylic acids is 2. The van der Waals surface area contributed by atoms with Crippen molar-refractivity contribution in [3.05, 3.63) is 101 Å². The molecule has 0 radical (unpaired) electrons. The van der Waals surface area contributed by atoms with Gasteiger partial charge in [0.1, 0.15) is 6.61 Å². The maximum atomic E-state index is 12.7. The second-order valence-electron chi connectivity index (χ2n) is 5.64. The quantitative estimate of drug-likeness (QED) is 0.524. The molecule has 0 amide bonds. The van der Waals surface area contributed by atoms with Gasteiger partial charge in [0.25, 0.3) is 0 Å². The SMILES string of the molecule is Cc1ccc(C(=O)c2ccccc2C(=O)OCc2ccccn2)cc1. The Labute approximate surface area is 146 Å². The number of esters is 1. The van der Waals surface area contributed by atoms with Gasteiger partial charge in [0.15, 0.2) is 5.78 Å². The number of rotatable bonds is 5. The van der Waals surface area contributed by atoms with E-state index in [4.69, 9.17) is 4.74 Å². The molecule has 0 spiro atoms. The highest BCUT2D eigenvalue weighted by Gasteiger charge is 2.19. The standard InChI is InChI=1S/C21H17NO3/c1-15-9-11-16(12-10-15)20(23)18-7-2-3-8-19(18)21(24)25-14-17-6-4-5-13-22-17/h2-13H,14H2,1H3. The second-order valence-corrected chi connectivity index (χ2v) is 5.64. The van der Waals surface area contributed by atoms with E-state index < -0.39 is 5.97 Å². The molecule has 0 atom stereocenters. The molecule has 0 N–H and O–H groups in total. The third kappa shape index (κ3) is 3.98. The molecule has 0 fully saturated rings. The summed E-state index contributed by atoms with van der Waals surface area (Å²) >= 11 is 0. The molecule has 3 rings (SSSR count). The fourth-order valence-corrected chi connectivity index (χ4v) is 2.42. The number of benzene rings is 2. The van der Waals surface area contributed by atoms with Crippen LogP contribution in [-0.4, -0.2) is 16.7 Å². The third-order valence-corrected chi connectivity index (χ3v) is 3.78. The number of pyridine rings is 1. The Morgan fingerprint density at radius 2 is 1.56 bits per heavy atom. The van der Waals surface area contributed by atoms with Crippen molar-refractivity contribution in [2.24, 2.45) is 0 Å². The number of aromatic nitrogens is 1. The minimum atomic E-state index is -0.540. The van der Waals surface area contributed by atoms with Crippen molar-refractivity contribution in [3.63, 3.8) is 0 Å². The molecule has 4 nitrogen and oxygen atoms in total. The Bertz CT molecular complexity index is 887. The minimum absolute atomic E-state index is 0.0622. The molecule has 25 heavy (non-hydrogen) atoms. The average molecular weight is 331 g/mol. The van der Waals surface area contributed by atoms with E-state index in [-0.39, 0.29) is 18.0 Å². The molecular formula is C21H17NO3. The lowest BCUT2D eigenvalue weighted by atomic mass is 9.98.